The number of hydrogen-bond acceptors (Lipinski definition) is 7. The minimum absolute atomic E-state index is 0. The molecule has 8 nitrogen and oxygen atoms in total. The molecule has 1 N–H and O–H groups in total. The van der Waals surface area contributed by atoms with Crippen molar-refractivity contribution in [3.63, 3.8) is 0 Å². The third kappa shape index (κ3) is 7.88. The number of carbonyl (C=O) groups excluding carboxylic acids is 2. The fraction of sp³-hybridized carbons (Fsp3) is 0.343. The van der Waals surface area contributed by atoms with Crippen molar-refractivity contribution < 1.29 is 28.2 Å². The SMILES string of the molecule is Cc1ncoc1COc1cc2c(cc1F)CN(C[C@@H](O)CCC(=O)c1ccc3c(c1)CCN(C(=O)c1ccc(Br)cc1)C3)CC2.S. The van der Waals surface area contributed by atoms with Crippen molar-refractivity contribution in [3.8, 4) is 5.75 Å². The fourth-order valence-corrected chi connectivity index (χ4v) is 6.26. The van der Waals surface area contributed by atoms with Gasteiger partial charge in [-0.15, -0.1) is 0 Å². The molecule has 1 amide bonds. The van der Waals surface area contributed by atoms with Gasteiger partial charge in [0.2, 0.25) is 0 Å². The standard InChI is InChI=1S/C35H35BrFN3O5.H2S/c1-22-34(45-21-38-22)20-44-33-16-25-10-12-39(17-28(25)15-31(33)37)19-30(41)8-9-32(42)26-2-3-27-18-40(13-11-24(27)14-26)35(43)23-4-6-29(36)7-5-23;/h2-7,14-16,21,30,41H,8-13,17-20H2,1H3;1H2/t30-;/m0./s1. The number of halogens is 2. The molecule has 3 aromatic carbocycles. The number of rotatable bonds is 10. The van der Waals surface area contributed by atoms with Gasteiger partial charge >= 0.3 is 0 Å². The molecule has 1 aromatic heterocycles. The van der Waals surface area contributed by atoms with Crippen molar-refractivity contribution in [2.75, 3.05) is 19.6 Å². The molecule has 0 aliphatic carbocycles. The van der Waals surface area contributed by atoms with Gasteiger partial charge in [0.25, 0.3) is 5.91 Å². The zero-order chi connectivity index (χ0) is 31.5. The number of benzene rings is 3. The monoisotopic (exact) mass is 709 g/mol. The Labute approximate surface area is 283 Å². The highest BCUT2D eigenvalue weighted by molar-refractivity contribution is 9.10. The predicted molar refractivity (Wildman–Crippen MR) is 180 cm³/mol. The molecule has 0 saturated heterocycles. The van der Waals surface area contributed by atoms with Crippen LogP contribution < -0.4 is 4.74 Å². The number of nitrogens with zero attached hydrogens (tertiary/aromatic N) is 3. The molecule has 0 unspecified atom stereocenters. The Morgan fingerprint density at radius 1 is 1.00 bits per heavy atom. The lowest BCUT2D eigenvalue weighted by molar-refractivity contribution is 0.0734. The van der Waals surface area contributed by atoms with Crippen LogP contribution in [0, 0.1) is 12.7 Å². The van der Waals surface area contributed by atoms with Crippen LogP contribution in [0.1, 0.15) is 67.3 Å². The molecule has 6 rings (SSSR count). The fourth-order valence-electron chi connectivity index (χ4n) is 6.00. The Kier molecular flexibility index (Phi) is 11.0. The zero-order valence-corrected chi connectivity index (χ0v) is 28.2. The van der Waals surface area contributed by atoms with E-state index in [4.69, 9.17) is 9.15 Å². The van der Waals surface area contributed by atoms with E-state index < -0.39 is 11.9 Å². The Bertz CT molecular complexity index is 1710. The molecule has 1 atom stereocenters. The van der Waals surface area contributed by atoms with Crippen molar-refractivity contribution >= 4 is 41.1 Å². The van der Waals surface area contributed by atoms with Crippen molar-refractivity contribution in [2.45, 2.75) is 58.4 Å². The second-order valence-corrected chi connectivity index (χ2v) is 12.7. The maximum atomic E-state index is 14.8. The summed E-state index contributed by atoms with van der Waals surface area (Å²) < 4.78 is 26.7. The van der Waals surface area contributed by atoms with Crippen LogP contribution in [0.3, 0.4) is 0 Å². The molecule has 242 valence electrons. The molecule has 3 heterocycles. The molecule has 2 aliphatic heterocycles. The Balaban J connectivity index is 0.00000417. The number of oxazole rings is 1. The van der Waals surface area contributed by atoms with Crippen LogP contribution in [0.15, 0.2) is 69.9 Å². The number of aryl methyl sites for hydroxylation is 1. The third-order valence-corrected chi connectivity index (χ3v) is 9.17. The topological polar surface area (TPSA) is 96.1 Å². The number of Topliss-reactive ketones (excluding diaryl/α,β-unsaturated/α-hetero) is 1. The molecule has 0 saturated carbocycles. The summed E-state index contributed by atoms with van der Waals surface area (Å²) in [7, 11) is 0. The minimum atomic E-state index is -0.677. The molecule has 4 aromatic rings. The number of hydrogen-bond donors (Lipinski definition) is 1. The van der Waals surface area contributed by atoms with Gasteiger partial charge < -0.3 is 19.2 Å². The van der Waals surface area contributed by atoms with Gasteiger partial charge in [-0.1, -0.05) is 28.1 Å². The third-order valence-electron chi connectivity index (χ3n) is 8.64. The second kappa shape index (κ2) is 14.9. The van der Waals surface area contributed by atoms with Crippen LogP contribution in [0.25, 0.3) is 0 Å². The van der Waals surface area contributed by atoms with E-state index in [1.54, 1.807) is 6.07 Å². The van der Waals surface area contributed by atoms with E-state index in [0.29, 0.717) is 68.0 Å². The number of aromatic nitrogens is 1. The summed E-state index contributed by atoms with van der Waals surface area (Å²) in [5.41, 5.74) is 6.03. The molecule has 0 radical (unpaired) electrons. The molecule has 2 aliphatic rings. The molecule has 0 fully saturated rings. The lowest BCUT2D eigenvalue weighted by atomic mass is 9.94. The van der Waals surface area contributed by atoms with Crippen molar-refractivity contribution in [1.82, 2.24) is 14.8 Å². The first-order chi connectivity index (χ1) is 21.7. The van der Waals surface area contributed by atoms with Crippen molar-refractivity contribution in [1.29, 1.82) is 0 Å². The zero-order valence-electron chi connectivity index (χ0n) is 25.6. The van der Waals surface area contributed by atoms with E-state index in [2.05, 4.69) is 25.8 Å². The Hall–Kier alpha value is -3.51. The number of ether oxygens (including phenoxy) is 1. The van der Waals surface area contributed by atoms with Gasteiger partial charge in [0, 0.05) is 54.7 Å². The van der Waals surface area contributed by atoms with Crippen LogP contribution in [-0.4, -0.2) is 57.3 Å². The van der Waals surface area contributed by atoms with Crippen LogP contribution in [0.4, 0.5) is 4.39 Å². The quantitative estimate of drug-likeness (QED) is 0.197. The highest BCUT2D eigenvalue weighted by Crippen LogP contribution is 2.29. The Morgan fingerprint density at radius 3 is 2.50 bits per heavy atom. The maximum Gasteiger partial charge on any atom is 0.254 e. The van der Waals surface area contributed by atoms with Crippen LogP contribution in [0.5, 0.6) is 5.75 Å². The van der Waals surface area contributed by atoms with Gasteiger partial charge in [-0.3, -0.25) is 14.5 Å². The molecule has 0 bridgehead atoms. The second-order valence-electron chi connectivity index (χ2n) is 11.8. The van der Waals surface area contributed by atoms with Gasteiger partial charge in [0.1, 0.15) is 6.61 Å². The summed E-state index contributed by atoms with van der Waals surface area (Å²) in [5.74, 6) is 0.301. The van der Waals surface area contributed by atoms with Gasteiger partial charge in [-0.05, 0) is 90.9 Å². The smallest absolute Gasteiger partial charge is 0.254 e. The number of carbonyl (C=O) groups is 2. The highest BCUT2D eigenvalue weighted by Gasteiger charge is 2.24. The largest absolute Gasteiger partial charge is 0.482 e. The summed E-state index contributed by atoms with van der Waals surface area (Å²) in [5, 5.41) is 10.8. The maximum absolute atomic E-state index is 14.8. The van der Waals surface area contributed by atoms with E-state index in [-0.39, 0.29) is 44.0 Å². The lowest BCUT2D eigenvalue weighted by Gasteiger charge is -2.30. The predicted octanol–water partition coefficient (Wildman–Crippen LogP) is 6.16. The Morgan fingerprint density at radius 2 is 1.74 bits per heavy atom. The number of β-amino-alcohol motifs (C(OH)–C–C–N with tert-alkyl or cyclic N) is 1. The average molecular weight is 711 g/mol. The number of amides is 1. The number of fused-ring (bicyclic) bond motifs is 2. The molecule has 0 spiro atoms. The first kappa shape index (κ1) is 33.8. The van der Waals surface area contributed by atoms with E-state index >= 15 is 0 Å². The number of ketones is 1. The van der Waals surface area contributed by atoms with Gasteiger partial charge in [0.05, 0.1) is 11.8 Å². The average Bonchev–Trinajstić information content (AvgIpc) is 3.46. The number of aliphatic hydroxyl groups excluding tert-OH is 1. The lowest BCUT2D eigenvalue weighted by Crippen LogP contribution is -2.37. The van der Waals surface area contributed by atoms with E-state index in [0.717, 1.165) is 33.3 Å². The summed E-state index contributed by atoms with van der Waals surface area (Å²) in [6.45, 7) is 4.67. The normalized spacial score (nSPS) is 15.0. The van der Waals surface area contributed by atoms with Crippen molar-refractivity contribution in [2.24, 2.45) is 0 Å². The van der Waals surface area contributed by atoms with E-state index in [1.807, 2.05) is 54.3 Å². The van der Waals surface area contributed by atoms with Crippen LogP contribution >= 0.6 is 29.4 Å². The highest BCUT2D eigenvalue weighted by atomic mass is 79.9. The van der Waals surface area contributed by atoms with Crippen LogP contribution in [0.2, 0.25) is 0 Å². The minimum Gasteiger partial charge on any atom is -0.482 e. The van der Waals surface area contributed by atoms with Crippen LogP contribution in [-0.2, 0) is 32.5 Å². The molecule has 46 heavy (non-hydrogen) atoms. The molecule has 11 heteroatoms. The van der Waals surface area contributed by atoms with E-state index in [9.17, 15) is 19.1 Å². The van der Waals surface area contributed by atoms with E-state index in [1.165, 1.54) is 12.5 Å². The van der Waals surface area contributed by atoms with Gasteiger partial charge in [-0.25, -0.2) is 9.37 Å². The van der Waals surface area contributed by atoms with Crippen molar-refractivity contribution in [3.05, 3.63) is 116 Å². The van der Waals surface area contributed by atoms with Gasteiger partial charge in [-0.2, -0.15) is 13.5 Å². The van der Waals surface area contributed by atoms with Gasteiger partial charge in [0.15, 0.2) is 29.5 Å². The first-order valence-corrected chi connectivity index (χ1v) is 16.0. The molecular weight excluding hydrogens is 673 g/mol. The number of aliphatic hydroxyl groups is 1. The first-order valence-electron chi connectivity index (χ1n) is 15.2. The summed E-state index contributed by atoms with van der Waals surface area (Å²) in [6.07, 6.45) is 2.64. The summed E-state index contributed by atoms with van der Waals surface area (Å²) in [6, 6.07) is 16.3. The summed E-state index contributed by atoms with van der Waals surface area (Å²) in [4.78, 5) is 33.9. The molecular formula is C35H37BrFN3O5S. The summed E-state index contributed by atoms with van der Waals surface area (Å²) >= 11 is 3.40.